The smallest absolute Gasteiger partial charge is 0.256 e. The summed E-state index contributed by atoms with van der Waals surface area (Å²) in [6.45, 7) is 0. The minimum atomic E-state index is -0.299. The van der Waals surface area contributed by atoms with E-state index in [1.54, 1.807) is 63.9 Å². The van der Waals surface area contributed by atoms with Crippen molar-refractivity contribution >= 4 is 11.6 Å². The van der Waals surface area contributed by atoms with Crippen molar-refractivity contribution in [3.8, 4) is 40.0 Å². The van der Waals surface area contributed by atoms with Crippen LogP contribution < -0.4 is 19.5 Å². The summed E-state index contributed by atoms with van der Waals surface area (Å²) >= 11 is 0. The second kappa shape index (κ2) is 9.26. The number of carbonyl (C=O) groups excluding carboxylic acids is 1. The number of anilines is 1. The van der Waals surface area contributed by atoms with Crippen LogP contribution >= 0.6 is 0 Å². The molecule has 32 heavy (non-hydrogen) atoms. The van der Waals surface area contributed by atoms with E-state index in [1.807, 2.05) is 30.3 Å². The molecule has 1 N–H and O–H groups in total. The van der Waals surface area contributed by atoms with Gasteiger partial charge in [-0.15, -0.1) is 0 Å². The molecular weight excluding hydrogens is 408 g/mol. The Morgan fingerprint density at radius 3 is 2.38 bits per heavy atom. The third-order valence-electron chi connectivity index (χ3n) is 4.94. The molecule has 0 atom stereocenters. The van der Waals surface area contributed by atoms with Gasteiger partial charge in [0.25, 0.3) is 5.91 Å². The zero-order valence-corrected chi connectivity index (χ0v) is 17.9. The number of nitrogens with one attached hydrogen (secondary N) is 1. The van der Waals surface area contributed by atoms with Gasteiger partial charge < -0.3 is 23.9 Å². The van der Waals surface area contributed by atoms with Gasteiger partial charge in [0.15, 0.2) is 5.76 Å². The molecule has 162 valence electrons. The summed E-state index contributed by atoms with van der Waals surface area (Å²) in [5.41, 5.74) is 2.29. The molecule has 0 fully saturated rings. The largest absolute Gasteiger partial charge is 0.497 e. The molecule has 0 aliphatic carbocycles. The van der Waals surface area contributed by atoms with Crippen LogP contribution in [0.4, 0.5) is 5.69 Å². The van der Waals surface area contributed by atoms with Crippen LogP contribution in [0.1, 0.15) is 10.4 Å². The normalized spacial score (nSPS) is 10.5. The topological polar surface area (TPSA) is 82.8 Å². The maximum atomic E-state index is 13.1. The maximum absolute atomic E-state index is 13.1. The van der Waals surface area contributed by atoms with Crippen molar-refractivity contribution in [1.82, 2.24) is 4.98 Å². The SMILES string of the molecule is COc1ccc(-c2cnc(-c3ccccc3C(=O)Nc3ccccc3OC)o2)c(OC)c1. The van der Waals surface area contributed by atoms with Crippen molar-refractivity contribution in [1.29, 1.82) is 0 Å². The highest BCUT2D eigenvalue weighted by molar-refractivity contribution is 6.08. The third kappa shape index (κ3) is 4.13. The van der Waals surface area contributed by atoms with Crippen LogP contribution in [0.15, 0.2) is 77.3 Å². The Morgan fingerprint density at radius 1 is 0.844 bits per heavy atom. The monoisotopic (exact) mass is 430 g/mol. The quantitative estimate of drug-likeness (QED) is 0.429. The number of para-hydroxylation sites is 2. The van der Waals surface area contributed by atoms with Gasteiger partial charge in [0.05, 0.1) is 44.3 Å². The Hall–Kier alpha value is -4.26. The van der Waals surface area contributed by atoms with Crippen molar-refractivity contribution in [3.05, 3.63) is 78.5 Å². The zero-order valence-electron chi connectivity index (χ0n) is 17.9. The molecule has 4 aromatic rings. The molecule has 1 aromatic heterocycles. The number of aromatic nitrogens is 1. The Bertz CT molecular complexity index is 1250. The molecule has 3 aromatic carbocycles. The van der Waals surface area contributed by atoms with Gasteiger partial charge in [0, 0.05) is 11.6 Å². The van der Waals surface area contributed by atoms with Gasteiger partial charge in [-0.25, -0.2) is 4.98 Å². The molecule has 0 aliphatic rings. The average Bonchev–Trinajstić information content (AvgIpc) is 3.33. The molecule has 1 heterocycles. The van der Waals surface area contributed by atoms with Crippen LogP contribution in [0, 0.1) is 0 Å². The van der Waals surface area contributed by atoms with Crippen molar-refractivity contribution in [2.45, 2.75) is 0 Å². The van der Waals surface area contributed by atoms with Gasteiger partial charge >= 0.3 is 0 Å². The predicted octanol–water partition coefficient (Wildman–Crippen LogP) is 5.29. The number of ether oxygens (including phenoxy) is 3. The molecule has 0 radical (unpaired) electrons. The first-order valence-electron chi connectivity index (χ1n) is 9.86. The van der Waals surface area contributed by atoms with E-state index in [0.717, 1.165) is 5.56 Å². The number of methoxy groups -OCH3 is 3. The molecule has 0 bridgehead atoms. The Kier molecular flexibility index (Phi) is 6.07. The van der Waals surface area contributed by atoms with Crippen LogP contribution in [0.2, 0.25) is 0 Å². The average molecular weight is 430 g/mol. The predicted molar refractivity (Wildman–Crippen MR) is 121 cm³/mol. The summed E-state index contributed by atoms with van der Waals surface area (Å²) in [6.07, 6.45) is 1.61. The van der Waals surface area contributed by atoms with Gasteiger partial charge in [0.2, 0.25) is 5.89 Å². The van der Waals surface area contributed by atoms with Gasteiger partial charge in [-0.05, 0) is 36.4 Å². The standard InChI is InChI=1S/C25H22N2O5/c1-29-16-12-13-19(22(14-16)31-3)23-15-26-25(32-23)18-9-5-4-8-17(18)24(28)27-20-10-6-7-11-21(20)30-2/h4-15H,1-3H3,(H,27,28). The summed E-state index contributed by atoms with van der Waals surface area (Å²) in [5.74, 6) is 2.37. The summed E-state index contributed by atoms with van der Waals surface area (Å²) in [7, 11) is 4.72. The first-order valence-corrected chi connectivity index (χ1v) is 9.86. The fraction of sp³-hybridized carbons (Fsp3) is 0.120. The molecule has 0 unspecified atom stereocenters. The molecule has 0 spiro atoms. The van der Waals surface area contributed by atoms with E-state index in [4.69, 9.17) is 18.6 Å². The fourth-order valence-corrected chi connectivity index (χ4v) is 3.33. The lowest BCUT2D eigenvalue weighted by Gasteiger charge is -2.11. The summed E-state index contributed by atoms with van der Waals surface area (Å²) in [4.78, 5) is 17.5. The number of amides is 1. The Labute approximate surface area is 185 Å². The van der Waals surface area contributed by atoms with Crippen LogP contribution in [-0.4, -0.2) is 32.2 Å². The number of hydrogen-bond donors (Lipinski definition) is 1. The van der Waals surface area contributed by atoms with Crippen LogP contribution in [-0.2, 0) is 0 Å². The molecule has 0 aliphatic heterocycles. The molecular formula is C25H22N2O5. The highest BCUT2D eigenvalue weighted by atomic mass is 16.5. The lowest BCUT2D eigenvalue weighted by molar-refractivity contribution is 0.102. The maximum Gasteiger partial charge on any atom is 0.256 e. The lowest BCUT2D eigenvalue weighted by Crippen LogP contribution is -2.13. The van der Waals surface area contributed by atoms with Crippen molar-refractivity contribution in [2.24, 2.45) is 0 Å². The van der Waals surface area contributed by atoms with E-state index >= 15 is 0 Å². The number of carbonyl (C=O) groups is 1. The number of benzene rings is 3. The minimum Gasteiger partial charge on any atom is -0.497 e. The van der Waals surface area contributed by atoms with Gasteiger partial charge in [-0.2, -0.15) is 0 Å². The Balaban J connectivity index is 1.67. The van der Waals surface area contributed by atoms with Gasteiger partial charge in [-0.1, -0.05) is 24.3 Å². The van der Waals surface area contributed by atoms with E-state index in [2.05, 4.69) is 10.3 Å². The summed E-state index contributed by atoms with van der Waals surface area (Å²) in [6, 6.07) is 19.8. The van der Waals surface area contributed by atoms with Gasteiger partial charge in [0.1, 0.15) is 17.2 Å². The fourth-order valence-electron chi connectivity index (χ4n) is 3.33. The van der Waals surface area contributed by atoms with E-state index in [0.29, 0.717) is 45.7 Å². The second-order valence-corrected chi connectivity index (χ2v) is 6.80. The molecule has 7 nitrogen and oxygen atoms in total. The van der Waals surface area contributed by atoms with Crippen molar-refractivity contribution < 1.29 is 23.4 Å². The van der Waals surface area contributed by atoms with Crippen LogP contribution in [0.3, 0.4) is 0 Å². The number of hydrogen-bond acceptors (Lipinski definition) is 6. The number of oxazole rings is 1. The summed E-state index contributed by atoms with van der Waals surface area (Å²) < 4.78 is 22.1. The van der Waals surface area contributed by atoms with E-state index in [1.165, 1.54) is 0 Å². The molecule has 7 heteroatoms. The number of rotatable bonds is 7. The third-order valence-corrected chi connectivity index (χ3v) is 4.94. The van der Waals surface area contributed by atoms with Crippen molar-refractivity contribution in [2.75, 3.05) is 26.6 Å². The van der Waals surface area contributed by atoms with Gasteiger partial charge in [-0.3, -0.25) is 4.79 Å². The number of nitrogens with zero attached hydrogens (tertiary/aromatic N) is 1. The van der Waals surface area contributed by atoms with E-state index in [-0.39, 0.29) is 5.91 Å². The molecule has 4 rings (SSSR count). The highest BCUT2D eigenvalue weighted by Gasteiger charge is 2.19. The highest BCUT2D eigenvalue weighted by Crippen LogP contribution is 2.36. The lowest BCUT2D eigenvalue weighted by atomic mass is 10.1. The van der Waals surface area contributed by atoms with Crippen molar-refractivity contribution in [3.63, 3.8) is 0 Å². The minimum absolute atomic E-state index is 0.299. The second-order valence-electron chi connectivity index (χ2n) is 6.80. The first-order chi connectivity index (χ1) is 15.6. The zero-order chi connectivity index (χ0) is 22.5. The summed E-state index contributed by atoms with van der Waals surface area (Å²) in [5, 5.41) is 2.89. The van der Waals surface area contributed by atoms with E-state index in [9.17, 15) is 4.79 Å². The molecule has 0 saturated carbocycles. The molecule has 0 saturated heterocycles. The van der Waals surface area contributed by atoms with Crippen LogP contribution in [0.5, 0.6) is 17.2 Å². The Morgan fingerprint density at radius 2 is 1.59 bits per heavy atom. The van der Waals surface area contributed by atoms with Crippen LogP contribution in [0.25, 0.3) is 22.8 Å². The molecule has 1 amide bonds. The van der Waals surface area contributed by atoms with E-state index < -0.39 is 0 Å². The first kappa shape index (κ1) is 21.0.